The molecular weight excluding hydrogens is 264 g/mol. The van der Waals surface area contributed by atoms with Gasteiger partial charge in [0.05, 0.1) is 21.1 Å². The van der Waals surface area contributed by atoms with Crippen LogP contribution in [0.15, 0.2) is 12.7 Å². The lowest BCUT2D eigenvalue weighted by Gasteiger charge is -2.23. The summed E-state index contributed by atoms with van der Waals surface area (Å²) in [6.07, 6.45) is 1.18. The molecule has 0 aromatic carbocycles. The molecule has 110 valence electrons. The monoisotopic (exact) mass is 286 g/mol. The van der Waals surface area contributed by atoms with Crippen LogP contribution in [0.2, 0.25) is 0 Å². The zero-order chi connectivity index (χ0) is 15.4. The van der Waals surface area contributed by atoms with E-state index < -0.39 is 10.4 Å². The van der Waals surface area contributed by atoms with Crippen LogP contribution < -0.4 is 5.73 Å². The van der Waals surface area contributed by atoms with Crippen LogP contribution in [0, 0.1) is 0 Å². The summed E-state index contributed by atoms with van der Waals surface area (Å²) in [5.74, 6) is -0.349. The van der Waals surface area contributed by atoms with E-state index in [1.165, 1.54) is 13.1 Å². The van der Waals surface area contributed by atoms with Gasteiger partial charge in [-0.2, -0.15) is 0 Å². The molecule has 0 saturated carbocycles. The molecule has 0 aromatic rings. The van der Waals surface area contributed by atoms with Crippen LogP contribution in [0.25, 0.3) is 0 Å². The van der Waals surface area contributed by atoms with Gasteiger partial charge in [-0.3, -0.25) is 4.55 Å². The number of carbonyl (C=O) groups is 1. The van der Waals surface area contributed by atoms with Crippen molar-refractivity contribution >= 4 is 16.4 Å². The van der Waals surface area contributed by atoms with Gasteiger partial charge in [-0.15, -0.1) is 0 Å². The Kier molecular flexibility index (Phi) is 13.7. The second-order valence-electron chi connectivity index (χ2n) is 3.81. The van der Waals surface area contributed by atoms with Crippen molar-refractivity contribution in [3.05, 3.63) is 12.7 Å². The molecule has 0 radical (unpaired) electrons. The standard InChI is InChI=1S/C8H16NO2.CH5N.H2O4S/c1-5-8(10)11-7-6-9(2,3)4;1-2;1-5(2,3)4/h5H,1,6-7H2,2-4H3;2H2,1H3;(H2,1,2,3,4)/q+1;;/p-1. The molecule has 0 aliphatic rings. The van der Waals surface area contributed by atoms with Gasteiger partial charge < -0.3 is 19.5 Å². The van der Waals surface area contributed by atoms with Gasteiger partial charge in [-0.05, 0) is 7.05 Å². The summed E-state index contributed by atoms with van der Waals surface area (Å²) in [6, 6.07) is 0. The van der Waals surface area contributed by atoms with Crippen LogP contribution in [0.4, 0.5) is 0 Å². The zero-order valence-electron chi connectivity index (χ0n) is 11.1. The van der Waals surface area contributed by atoms with Gasteiger partial charge >= 0.3 is 5.97 Å². The minimum atomic E-state index is -4.92. The third kappa shape index (κ3) is 45.9. The molecule has 0 aromatic heterocycles. The van der Waals surface area contributed by atoms with E-state index in [4.69, 9.17) is 22.3 Å². The van der Waals surface area contributed by atoms with Crippen molar-refractivity contribution in [2.75, 3.05) is 41.3 Å². The Morgan fingerprint density at radius 3 is 2.00 bits per heavy atom. The molecule has 0 rings (SSSR count). The Balaban J connectivity index is -0.000000270. The van der Waals surface area contributed by atoms with E-state index in [1.807, 2.05) is 21.1 Å². The molecule has 9 heteroatoms. The molecule has 8 nitrogen and oxygen atoms in total. The number of quaternary nitrogens is 1. The van der Waals surface area contributed by atoms with Gasteiger partial charge in [0.25, 0.3) is 0 Å². The van der Waals surface area contributed by atoms with Crippen LogP contribution in [0.1, 0.15) is 0 Å². The van der Waals surface area contributed by atoms with Gasteiger partial charge in [0, 0.05) is 6.08 Å². The predicted molar refractivity (Wildman–Crippen MR) is 66.5 cm³/mol. The molecule has 3 N–H and O–H groups in total. The minimum Gasteiger partial charge on any atom is -0.726 e. The maximum Gasteiger partial charge on any atom is 0.330 e. The highest BCUT2D eigenvalue weighted by atomic mass is 32.3. The molecule has 0 bridgehead atoms. The average molecular weight is 286 g/mol. The number of nitrogens with two attached hydrogens (primary N) is 1. The summed E-state index contributed by atoms with van der Waals surface area (Å²) in [5, 5.41) is 0. The lowest BCUT2D eigenvalue weighted by atomic mass is 10.5. The first-order valence-corrected chi connectivity index (χ1v) is 6.18. The maximum absolute atomic E-state index is 10.6. The number of hydrogen-bond donors (Lipinski definition) is 2. The maximum atomic E-state index is 10.6. The van der Waals surface area contributed by atoms with E-state index in [-0.39, 0.29) is 5.97 Å². The highest BCUT2D eigenvalue weighted by Crippen LogP contribution is 1.89. The predicted octanol–water partition coefficient (Wildman–Crippen LogP) is -0.999. The summed E-state index contributed by atoms with van der Waals surface area (Å²) in [7, 11) is 2.71. The average Bonchev–Trinajstić information content (AvgIpc) is 2.16. The van der Waals surface area contributed by atoms with Gasteiger partial charge in [-0.25, -0.2) is 13.2 Å². The normalized spacial score (nSPS) is 10.2. The van der Waals surface area contributed by atoms with Crippen LogP contribution in [-0.2, 0) is 19.9 Å². The summed E-state index contributed by atoms with van der Waals surface area (Å²) >= 11 is 0. The Morgan fingerprint density at radius 1 is 1.44 bits per heavy atom. The molecule has 0 spiro atoms. The molecule has 0 heterocycles. The summed E-state index contributed by atoms with van der Waals surface area (Å²) < 4.78 is 38.4. The fourth-order valence-electron chi connectivity index (χ4n) is 0.479. The first-order valence-electron chi connectivity index (χ1n) is 4.81. The summed E-state index contributed by atoms with van der Waals surface area (Å²) in [6.45, 7) is 4.57. The van der Waals surface area contributed by atoms with Gasteiger partial charge in [0.15, 0.2) is 0 Å². The Hall–Kier alpha value is -1.00. The van der Waals surface area contributed by atoms with Gasteiger partial charge in [0.1, 0.15) is 13.2 Å². The van der Waals surface area contributed by atoms with Crippen LogP contribution >= 0.6 is 0 Å². The number of hydrogen-bond acceptors (Lipinski definition) is 6. The van der Waals surface area contributed by atoms with Crippen molar-refractivity contribution in [2.24, 2.45) is 5.73 Å². The highest BCUT2D eigenvalue weighted by molar-refractivity contribution is 7.79. The summed E-state index contributed by atoms with van der Waals surface area (Å²) in [5.41, 5.74) is 4.50. The Bertz CT molecular complexity index is 312. The van der Waals surface area contributed by atoms with E-state index >= 15 is 0 Å². The quantitative estimate of drug-likeness (QED) is 0.223. The Morgan fingerprint density at radius 2 is 1.78 bits per heavy atom. The molecule has 0 aliphatic heterocycles. The summed E-state index contributed by atoms with van der Waals surface area (Å²) in [4.78, 5) is 10.6. The topological polar surface area (TPSA) is 130 Å². The van der Waals surface area contributed by atoms with E-state index in [9.17, 15) is 4.79 Å². The number of likely N-dealkylation sites (N-methyl/N-ethyl adjacent to an activating group) is 1. The SMILES string of the molecule is C=CC(=O)OCC[N+](C)(C)C.CN.O=S(=O)([O-])O. The minimum absolute atomic E-state index is 0.349. The highest BCUT2D eigenvalue weighted by Gasteiger charge is 2.06. The molecule has 18 heavy (non-hydrogen) atoms. The second-order valence-corrected chi connectivity index (χ2v) is 4.67. The third-order valence-electron chi connectivity index (χ3n) is 1.17. The van der Waals surface area contributed by atoms with Gasteiger partial charge in [-0.1, -0.05) is 6.58 Å². The molecule has 0 amide bonds. The van der Waals surface area contributed by atoms with Crippen LogP contribution in [0.3, 0.4) is 0 Å². The van der Waals surface area contributed by atoms with Crippen molar-refractivity contribution in [1.29, 1.82) is 0 Å². The molecule has 0 fully saturated rings. The first kappa shape index (κ1) is 22.2. The van der Waals surface area contributed by atoms with E-state index in [1.54, 1.807) is 0 Å². The van der Waals surface area contributed by atoms with E-state index in [2.05, 4.69) is 12.3 Å². The number of nitrogens with zero attached hydrogens (tertiary/aromatic N) is 1. The molecule has 0 aliphatic carbocycles. The van der Waals surface area contributed by atoms with Crippen molar-refractivity contribution in [1.82, 2.24) is 0 Å². The van der Waals surface area contributed by atoms with Crippen LogP contribution in [-0.4, -0.2) is 69.3 Å². The zero-order valence-corrected chi connectivity index (χ0v) is 11.9. The largest absolute Gasteiger partial charge is 0.726 e. The van der Waals surface area contributed by atoms with E-state index in [0.717, 1.165) is 11.0 Å². The second kappa shape index (κ2) is 11.1. The molecular formula is C9H22N2O6S. The number of esters is 1. The van der Waals surface area contributed by atoms with E-state index in [0.29, 0.717) is 6.61 Å². The van der Waals surface area contributed by atoms with Crippen molar-refractivity contribution < 1.29 is 31.5 Å². The van der Waals surface area contributed by atoms with Crippen molar-refractivity contribution in [2.45, 2.75) is 0 Å². The number of ether oxygens (including phenoxy) is 1. The third-order valence-corrected chi connectivity index (χ3v) is 1.17. The lowest BCUT2D eigenvalue weighted by molar-refractivity contribution is -0.870. The number of carbonyl (C=O) groups excluding carboxylic acids is 1. The van der Waals surface area contributed by atoms with Crippen LogP contribution in [0.5, 0.6) is 0 Å². The smallest absolute Gasteiger partial charge is 0.330 e. The molecule has 0 unspecified atom stereocenters. The van der Waals surface area contributed by atoms with Crippen molar-refractivity contribution in [3.8, 4) is 0 Å². The Labute approximate surface area is 108 Å². The molecule has 0 atom stereocenters. The molecule has 0 saturated heterocycles. The number of rotatable bonds is 4. The van der Waals surface area contributed by atoms with Gasteiger partial charge in [0.2, 0.25) is 10.4 Å². The fraction of sp³-hybridized carbons (Fsp3) is 0.667. The lowest BCUT2D eigenvalue weighted by Crippen LogP contribution is -2.37. The van der Waals surface area contributed by atoms with Crippen molar-refractivity contribution in [3.63, 3.8) is 0 Å². The fourth-order valence-corrected chi connectivity index (χ4v) is 0.479. The first-order chi connectivity index (χ1) is 7.95.